The average molecular weight is 303 g/mol. The molecule has 1 atom stereocenters. The van der Waals surface area contributed by atoms with Crippen LogP contribution >= 0.6 is 0 Å². The number of hydrogen-bond acceptors (Lipinski definition) is 5. The summed E-state index contributed by atoms with van der Waals surface area (Å²) in [6.07, 6.45) is 2.78. The summed E-state index contributed by atoms with van der Waals surface area (Å²) in [6.45, 7) is 3.80. The number of hydrogen-bond donors (Lipinski definition) is 2. The van der Waals surface area contributed by atoms with E-state index < -0.39 is 5.41 Å². The first-order valence-electron chi connectivity index (χ1n) is 7.76. The van der Waals surface area contributed by atoms with E-state index in [0.29, 0.717) is 24.6 Å². The van der Waals surface area contributed by atoms with Crippen molar-refractivity contribution in [2.24, 2.45) is 11.3 Å². The Balaban J connectivity index is 1.81. The van der Waals surface area contributed by atoms with Gasteiger partial charge in [-0.2, -0.15) is 0 Å². The van der Waals surface area contributed by atoms with Crippen LogP contribution in [0.3, 0.4) is 0 Å². The largest absolute Gasteiger partial charge is 0.378 e. The van der Waals surface area contributed by atoms with Crippen LogP contribution < -0.4 is 10.6 Å². The van der Waals surface area contributed by atoms with Crippen molar-refractivity contribution in [2.75, 3.05) is 25.0 Å². The van der Waals surface area contributed by atoms with Crippen molar-refractivity contribution in [3.8, 4) is 0 Å². The highest BCUT2D eigenvalue weighted by Gasteiger charge is 2.47. The first kappa shape index (κ1) is 15.0. The van der Waals surface area contributed by atoms with Gasteiger partial charge in [-0.25, -0.2) is 0 Å². The van der Waals surface area contributed by atoms with Crippen molar-refractivity contribution in [2.45, 2.75) is 26.2 Å². The first-order chi connectivity index (χ1) is 10.5. The van der Waals surface area contributed by atoms with Gasteiger partial charge in [0.15, 0.2) is 0 Å². The summed E-state index contributed by atoms with van der Waals surface area (Å²) < 4.78 is 0. The number of nitro benzene ring substituents is 1. The third-order valence-corrected chi connectivity index (χ3v) is 4.77. The number of para-hydroxylation sites is 1. The molecule has 0 spiro atoms. The minimum atomic E-state index is -0.419. The van der Waals surface area contributed by atoms with Gasteiger partial charge in [-0.15, -0.1) is 0 Å². The first-order valence-corrected chi connectivity index (χ1v) is 7.76. The van der Waals surface area contributed by atoms with Crippen molar-refractivity contribution in [1.82, 2.24) is 5.32 Å². The van der Waals surface area contributed by atoms with Crippen LogP contribution in [0.4, 0.5) is 11.4 Å². The molecule has 6 heteroatoms. The van der Waals surface area contributed by atoms with Crippen LogP contribution in [0.2, 0.25) is 0 Å². The maximum atomic E-state index is 12.6. The summed E-state index contributed by atoms with van der Waals surface area (Å²) in [6, 6.07) is 5.02. The van der Waals surface area contributed by atoms with Gasteiger partial charge in [0.2, 0.25) is 0 Å². The molecule has 0 aromatic heterocycles. The average Bonchev–Trinajstić information content (AvgIpc) is 3.23. The Bertz CT molecular complexity index is 605. The molecular formula is C16H21N3O3. The van der Waals surface area contributed by atoms with E-state index in [4.69, 9.17) is 0 Å². The molecule has 22 heavy (non-hydrogen) atoms. The van der Waals surface area contributed by atoms with E-state index in [0.717, 1.165) is 31.4 Å². The number of rotatable bonds is 6. The Morgan fingerprint density at radius 3 is 2.86 bits per heavy atom. The van der Waals surface area contributed by atoms with Gasteiger partial charge in [0.25, 0.3) is 5.69 Å². The van der Waals surface area contributed by atoms with Gasteiger partial charge in [0.05, 0.1) is 10.3 Å². The van der Waals surface area contributed by atoms with Crippen molar-refractivity contribution >= 4 is 17.2 Å². The van der Waals surface area contributed by atoms with Gasteiger partial charge in [0.1, 0.15) is 11.5 Å². The molecule has 1 aliphatic heterocycles. The van der Waals surface area contributed by atoms with Gasteiger partial charge in [-0.3, -0.25) is 14.9 Å². The molecule has 1 saturated heterocycles. The van der Waals surface area contributed by atoms with Crippen LogP contribution in [0.1, 0.15) is 24.8 Å². The van der Waals surface area contributed by atoms with E-state index in [1.165, 1.54) is 6.07 Å². The molecule has 6 nitrogen and oxygen atoms in total. The number of ketones is 1. The van der Waals surface area contributed by atoms with E-state index in [-0.39, 0.29) is 16.5 Å². The van der Waals surface area contributed by atoms with Crippen LogP contribution in [-0.4, -0.2) is 30.3 Å². The second-order valence-electron chi connectivity index (χ2n) is 6.43. The zero-order valence-corrected chi connectivity index (χ0v) is 12.7. The smallest absolute Gasteiger partial charge is 0.292 e. The minimum Gasteiger partial charge on any atom is -0.378 e. The third-order valence-electron chi connectivity index (χ3n) is 4.77. The van der Waals surface area contributed by atoms with Gasteiger partial charge < -0.3 is 10.6 Å². The molecule has 0 bridgehead atoms. The molecule has 118 valence electrons. The standard InChI is InChI=1S/C16H21N3O3/c1-11-3-2-4-13(19(21)22)14(11)18-10-16(7-8-17-9-16)15(20)12-5-6-12/h2-4,12,17-18H,5-10H2,1H3/t16-/m0/s1. The topological polar surface area (TPSA) is 84.3 Å². The summed E-state index contributed by atoms with van der Waals surface area (Å²) in [7, 11) is 0. The van der Waals surface area contributed by atoms with Crippen LogP contribution in [0.15, 0.2) is 18.2 Å². The van der Waals surface area contributed by atoms with Crippen molar-refractivity contribution < 1.29 is 9.72 Å². The fourth-order valence-electron chi connectivity index (χ4n) is 3.26. The van der Waals surface area contributed by atoms with E-state index in [9.17, 15) is 14.9 Å². The number of nitrogens with zero attached hydrogens (tertiary/aromatic N) is 1. The fraction of sp³-hybridized carbons (Fsp3) is 0.562. The lowest BCUT2D eigenvalue weighted by molar-refractivity contribution is -0.384. The highest BCUT2D eigenvalue weighted by atomic mass is 16.6. The summed E-state index contributed by atoms with van der Waals surface area (Å²) in [5, 5.41) is 17.7. The lowest BCUT2D eigenvalue weighted by atomic mass is 9.80. The zero-order valence-electron chi connectivity index (χ0n) is 12.7. The fourth-order valence-corrected chi connectivity index (χ4v) is 3.26. The summed E-state index contributed by atoms with van der Waals surface area (Å²) in [5.41, 5.74) is 1.01. The maximum absolute atomic E-state index is 12.6. The lowest BCUT2D eigenvalue weighted by Gasteiger charge is -2.27. The number of Topliss-reactive ketones (excluding diaryl/α,β-unsaturated/α-hetero) is 1. The van der Waals surface area contributed by atoms with E-state index in [2.05, 4.69) is 10.6 Å². The Labute approximate surface area is 129 Å². The summed E-state index contributed by atoms with van der Waals surface area (Å²) >= 11 is 0. The normalized spacial score (nSPS) is 24.2. The molecule has 0 radical (unpaired) electrons. The second kappa shape index (κ2) is 5.68. The Morgan fingerprint density at radius 1 is 1.50 bits per heavy atom. The van der Waals surface area contributed by atoms with E-state index in [1.807, 2.05) is 13.0 Å². The molecular weight excluding hydrogens is 282 g/mol. The molecule has 2 aliphatic rings. The molecule has 1 aliphatic carbocycles. The van der Waals surface area contributed by atoms with Crippen LogP contribution in [0.25, 0.3) is 0 Å². The molecule has 2 fully saturated rings. The third kappa shape index (κ3) is 2.70. The minimum absolute atomic E-state index is 0.0694. The number of carbonyl (C=O) groups is 1. The van der Waals surface area contributed by atoms with Crippen LogP contribution in [0.5, 0.6) is 0 Å². The predicted octanol–water partition coefficient (Wildman–Crippen LogP) is 2.27. The number of anilines is 1. The van der Waals surface area contributed by atoms with Crippen molar-refractivity contribution in [3.05, 3.63) is 33.9 Å². The van der Waals surface area contributed by atoms with Crippen molar-refractivity contribution in [1.29, 1.82) is 0 Å². The highest BCUT2D eigenvalue weighted by Crippen LogP contribution is 2.40. The predicted molar refractivity (Wildman–Crippen MR) is 84.0 cm³/mol. The van der Waals surface area contributed by atoms with Crippen LogP contribution in [-0.2, 0) is 4.79 Å². The number of nitro groups is 1. The number of aryl methyl sites for hydroxylation is 1. The van der Waals surface area contributed by atoms with Crippen LogP contribution in [0, 0.1) is 28.4 Å². The molecule has 1 aromatic rings. The number of nitrogens with one attached hydrogen (secondary N) is 2. The molecule has 1 aromatic carbocycles. The second-order valence-corrected chi connectivity index (χ2v) is 6.43. The van der Waals surface area contributed by atoms with E-state index in [1.54, 1.807) is 6.07 Å². The molecule has 0 unspecified atom stereocenters. The summed E-state index contributed by atoms with van der Waals surface area (Å²) in [5.74, 6) is 0.523. The zero-order chi connectivity index (χ0) is 15.7. The molecule has 3 rings (SSSR count). The quantitative estimate of drug-likeness (QED) is 0.622. The highest BCUT2D eigenvalue weighted by molar-refractivity contribution is 5.90. The molecule has 0 amide bonds. The van der Waals surface area contributed by atoms with Crippen molar-refractivity contribution in [3.63, 3.8) is 0 Å². The lowest BCUT2D eigenvalue weighted by Crippen LogP contribution is -2.41. The number of benzene rings is 1. The monoisotopic (exact) mass is 303 g/mol. The van der Waals surface area contributed by atoms with E-state index >= 15 is 0 Å². The van der Waals surface area contributed by atoms with Gasteiger partial charge >= 0.3 is 0 Å². The Kier molecular flexibility index (Phi) is 3.87. The Morgan fingerprint density at radius 2 is 2.27 bits per heavy atom. The summed E-state index contributed by atoms with van der Waals surface area (Å²) in [4.78, 5) is 23.5. The van der Waals surface area contributed by atoms with Gasteiger partial charge in [0, 0.05) is 25.1 Å². The molecule has 1 heterocycles. The van der Waals surface area contributed by atoms with Gasteiger partial charge in [-0.1, -0.05) is 12.1 Å². The van der Waals surface area contributed by atoms with Gasteiger partial charge in [-0.05, 0) is 38.3 Å². The maximum Gasteiger partial charge on any atom is 0.292 e. The SMILES string of the molecule is Cc1cccc([N+](=O)[O-])c1NC[C@]1(C(=O)C2CC2)CCNC1. The molecule has 1 saturated carbocycles. The number of carbonyl (C=O) groups excluding carboxylic acids is 1. The molecule has 2 N–H and O–H groups in total. The Hall–Kier alpha value is -1.95.